The predicted molar refractivity (Wildman–Crippen MR) is 86.6 cm³/mol. The predicted octanol–water partition coefficient (Wildman–Crippen LogP) is 2.87. The first kappa shape index (κ1) is 14.8. The van der Waals surface area contributed by atoms with Crippen LogP contribution in [0.25, 0.3) is 0 Å². The lowest BCUT2D eigenvalue weighted by atomic mass is 10.1. The van der Waals surface area contributed by atoms with E-state index < -0.39 is 0 Å². The molecule has 0 aromatic heterocycles. The maximum absolute atomic E-state index is 11.7. The number of nitrogens with one attached hydrogen (secondary N) is 2. The highest BCUT2D eigenvalue weighted by atomic mass is 16.2. The van der Waals surface area contributed by atoms with Gasteiger partial charge in [0.1, 0.15) is 0 Å². The largest absolute Gasteiger partial charge is 0.376 e. The maximum Gasteiger partial charge on any atom is 0.259 e. The van der Waals surface area contributed by atoms with E-state index >= 15 is 0 Å². The Bertz CT molecular complexity index is 650. The van der Waals surface area contributed by atoms with Gasteiger partial charge in [0.05, 0.1) is 12.8 Å². The molecule has 0 aliphatic heterocycles. The lowest BCUT2D eigenvalue weighted by molar-refractivity contribution is -0.119. The third-order valence-electron chi connectivity index (χ3n) is 3.05. The van der Waals surface area contributed by atoms with Crippen molar-refractivity contribution in [2.75, 3.05) is 11.9 Å². The van der Waals surface area contributed by atoms with Crippen molar-refractivity contribution in [1.29, 1.82) is 0 Å². The Morgan fingerprint density at radius 3 is 2.71 bits per heavy atom. The Morgan fingerprint density at radius 2 is 1.95 bits per heavy atom. The highest BCUT2D eigenvalue weighted by molar-refractivity contribution is 5.85. The number of anilines is 1. The Kier molecular flexibility index (Phi) is 5.10. The van der Waals surface area contributed by atoms with Gasteiger partial charge in [-0.15, -0.1) is 0 Å². The molecule has 0 aliphatic rings. The summed E-state index contributed by atoms with van der Waals surface area (Å²) >= 11 is 0. The molecule has 0 heterocycles. The monoisotopic (exact) mass is 281 g/mol. The van der Waals surface area contributed by atoms with Crippen LogP contribution >= 0.6 is 0 Å². The number of benzene rings is 2. The van der Waals surface area contributed by atoms with E-state index in [0.717, 1.165) is 22.4 Å². The Balaban J connectivity index is 1.81. The highest BCUT2D eigenvalue weighted by Gasteiger charge is 1.99. The SMILES string of the molecule is Cc1cccc(NCC(=O)N/N=C/c2ccccc2C)c1. The number of aryl methyl sites for hydroxylation is 2. The number of nitrogens with zero attached hydrogens (tertiary/aromatic N) is 1. The molecule has 0 unspecified atom stereocenters. The van der Waals surface area contributed by atoms with E-state index in [1.165, 1.54) is 0 Å². The summed E-state index contributed by atoms with van der Waals surface area (Å²) in [7, 11) is 0. The first-order chi connectivity index (χ1) is 10.1. The van der Waals surface area contributed by atoms with E-state index in [9.17, 15) is 4.79 Å². The molecule has 0 radical (unpaired) electrons. The molecule has 4 nitrogen and oxygen atoms in total. The van der Waals surface area contributed by atoms with Crippen molar-refractivity contribution in [2.45, 2.75) is 13.8 Å². The highest BCUT2D eigenvalue weighted by Crippen LogP contribution is 2.08. The quantitative estimate of drug-likeness (QED) is 0.654. The lowest BCUT2D eigenvalue weighted by Crippen LogP contribution is -2.25. The summed E-state index contributed by atoms with van der Waals surface area (Å²) < 4.78 is 0. The molecule has 0 spiro atoms. The van der Waals surface area contributed by atoms with Gasteiger partial charge in [-0.25, -0.2) is 5.43 Å². The summed E-state index contributed by atoms with van der Waals surface area (Å²) in [5, 5.41) is 7.03. The molecule has 2 N–H and O–H groups in total. The second-order valence-corrected chi connectivity index (χ2v) is 4.87. The van der Waals surface area contributed by atoms with E-state index in [4.69, 9.17) is 0 Å². The zero-order valence-corrected chi connectivity index (χ0v) is 12.3. The van der Waals surface area contributed by atoms with Gasteiger partial charge in [0.25, 0.3) is 5.91 Å². The van der Waals surface area contributed by atoms with Gasteiger partial charge in [-0.3, -0.25) is 4.79 Å². The molecule has 21 heavy (non-hydrogen) atoms. The van der Waals surface area contributed by atoms with Gasteiger partial charge >= 0.3 is 0 Å². The average molecular weight is 281 g/mol. The molecule has 2 aromatic carbocycles. The van der Waals surface area contributed by atoms with E-state index in [1.807, 2.05) is 62.4 Å². The van der Waals surface area contributed by atoms with E-state index in [2.05, 4.69) is 15.8 Å². The molecule has 0 atom stereocenters. The van der Waals surface area contributed by atoms with Crippen molar-refractivity contribution < 1.29 is 4.79 Å². The summed E-state index contributed by atoms with van der Waals surface area (Å²) in [6, 6.07) is 15.7. The average Bonchev–Trinajstić information content (AvgIpc) is 2.47. The smallest absolute Gasteiger partial charge is 0.259 e. The van der Waals surface area contributed by atoms with Crippen molar-refractivity contribution >= 4 is 17.8 Å². The molecule has 1 amide bonds. The van der Waals surface area contributed by atoms with Crippen molar-refractivity contribution in [3.63, 3.8) is 0 Å². The van der Waals surface area contributed by atoms with Crippen LogP contribution in [0.5, 0.6) is 0 Å². The maximum atomic E-state index is 11.7. The molecule has 0 saturated heterocycles. The topological polar surface area (TPSA) is 53.5 Å². The summed E-state index contributed by atoms with van der Waals surface area (Å²) in [6.07, 6.45) is 1.65. The van der Waals surface area contributed by atoms with Gasteiger partial charge in [0.2, 0.25) is 0 Å². The van der Waals surface area contributed by atoms with Gasteiger partial charge in [-0.05, 0) is 42.7 Å². The molecule has 4 heteroatoms. The second kappa shape index (κ2) is 7.24. The Labute approximate surface area is 124 Å². The zero-order chi connectivity index (χ0) is 15.1. The molecule has 2 rings (SSSR count). The van der Waals surface area contributed by atoms with Crippen LogP contribution in [0.2, 0.25) is 0 Å². The third-order valence-corrected chi connectivity index (χ3v) is 3.05. The fourth-order valence-electron chi connectivity index (χ4n) is 1.88. The van der Waals surface area contributed by atoms with Crippen LogP contribution in [0.1, 0.15) is 16.7 Å². The first-order valence-electron chi connectivity index (χ1n) is 6.83. The fourth-order valence-corrected chi connectivity index (χ4v) is 1.88. The third kappa shape index (κ3) is 4.76. The number of hydrogen-bond acceptors (Lipinski definition) is 3. The number of carbonyl (C=O) groups excluding carboxylic acids is 1. The molecular weight excluding hydrogens is 262 g/mol. The van der Waals surface area contributed by atoms with E-state index in [0.29, 0.717) is 0 Å². The molecular formula is C17H19N3O. The summed E-state index contributed by atoms with van der Waals surface area (Å²) in [4.78, 5) is 11.7. The number of hydrazone groups is 1. The molecule has 108 valence electrons. The minimum absolute atomic E-state index is 0.179. The van der Waals surface area contributed by atoms with Crippen molar-refractivity contribution in [3.05, 3.63) is 65.2 Å². The van der Waals surface area contributed by atoms with Gasteiger partial charge in [-0.1, -0.05) is 36.4 Å². The summed E-state index contributed by atoms with van der Waals surface area (Å²) in [6.45, 7) is 4.20. The van der Waals surface area contributed by atoms with Crippen LogP contribution in [0, 0.1) is 13.8 Å². The molecule has 0 bridgehead atoms. The van der Waals surface area contributed by atoms with Gasteiger partial charge in [-0.2, -0.15) is 5.10 Å². The number of amides is 1. The molecule has 0 aliphatic carbocycles. The van der Waals surface area contributed by atoms with Crippen LogP contribution in [0.15, 0.2) is 53.6 Å². The zero-order valence-electron chi connectivity index (χ0n) is 12.3. The normalized spacial score (nSPS) is 10.6. The minimum atomic E-state index is -0.179. The van der Waals surface area contributed by atoms with E-state index in [-0.39, 0.29) is 12.5 Å². The van der Waals surface area contributed by atoms with Crippen molar-refractivity contribution in [1.82, 2.24) is 5.43 Å². The molecule has 0 fully saturated rings. The Hall–Kier alpha value is -2.62. The second-order valence-electron chi connectivity index (χ2n) is 4.87. The molecule has 0 saturated carbocycles. The summed E-state index contributed by atoms with van der Waals surface area (Å²) in [5.41, 5.74) is 6.70. The van der Waals surface area contributed by atoms with Gasteiger partial charge < -0.3 is 5.32 Å². The summed E-state index contributed by atoms with van der Waals surface area (Å²) in [5.74, 6) is -0.179. The number of carbonyl (C=O) groups is 1. The number of hydrogen-bond donors (Lipinski definition) is 2. The Morgan fingerprint density at radius 1 is 1.14 bits per heavy atom. The first-order valence-corrected chi connectivity index (χ1v) is 6.83. The fraction of sp³-hybridized carbons (Fsp3) is 0.176. The standard InChI is InChI=1S/C17H19N3O/c1-13-6-5-9-16(10-13)18-12-17(21)20-19-11-15-8-4-3-7-14(15)2/h3-11,18H,12H2,1-2H3,(H,20,21)/b19-11+. The van der Waals surface area contributed by atoms with Crippen LogP contribution in [0.4, 0.5) is 5.69 Å². The van der Waals surface area contributed by atoms with Crippen LogP contribution in [0.3, 0.4) is 0 Å². The minimum Gasteiger partial charge on any atom is -0.376 e. The lowest BCUT2D eigenvalue weighted by Gasteiger charge is -2.05. The van der Waals surface area contributed by atoms with Gasteiger partial charge in [0.15, 0.2) is 0 Å². The van der Waals surface area contributed by atoms with Crippen LogP contribution < -0.4 is 10.7 Å². The number of rotatable bonds is 5. The van der Waals surface area contributed by atoms with Crippen molar-refractivity contribution in [2.24, 2.45) is 5.10 Å². The van der Waals surface area contributed by atoms with Crippen LogP contribution in [-0.4, -0.2) is 18.7 Å². The van der Waals surface area contributed by atoms with Crippen LogP contribution in [-0.2, 0) is 4.79 Å². The van der Waals surface area contributed by atoms with E-state index in [1.54, 1.807) is 6.21 Å². The van der Waals surface area contributed by atoms with Crippen molar-refractivity contribution in [3.8, 4) is 0 Å². The molecule has 2 aromatic rings. The van der Waals surface area contributed by atoms with Gasteiger partial charge in [0, 0.05) is 5.69 Å².